The normalized spacial score (nSPS) is 17.5. The topological polar surface area (TPSA) is 59.9 Å². The molecule has 20 heavy (non-hydrogen) atoms. The van der Waals surface area contributed by atoms with Gasteiger partial charge in [0.25, 0.3) is 0 Å². The molecule has 0 bridgehead atoms. The van der Waals surface area contributed by atoms with Crippen molar-refractivity contribution in [2.45, 2.75) is 24.0 Å². The first-order valence-electron chi connectivity index (χ1n) is 6.35. The van der Waals surface area contributed by atoms with Crippen LogP contribution in [0, 0.1) is 0 Å². The fraction of sp³-hybridized carbons (Fsp3) is 0.429. The van der Waals surface area contributed by atoms with Gasteiger partial charge in [-0.3, -0.25) is 4.79 Å². The van der Waals surface area contributed by atoms with Crippen LogP contribution < -0.4 is 5.43 Å². The third kappa shape index (κ3) is 4.33. The van der Waals surface area contributed by atoms with E-state index in [1.54, 1.807) is 24.9 Å². The molecule has 2 rings (SSSR count). The van der Waals surface area contributed by atoms with Gasteiger partial charge in [-0.15, -0.1) is 11.8 Å². The van der Waals surface area contributed by atoms with Crippen molar-refractivity contribution in [1.82, 2.24) is 5.43 Å². The van der Waals surface area contributed by atoms with Crippen molar-refractivity contribution in [3.8, 4) is 0 Å². The fourth-order valence-electron chi connectivity index (χ4n) is 1.86. The van der Waals surface area contributed by atoms with Gasteiger partial charge in [0.15, 0.2) is 5.79 Å². The molecule has 1 aliphatic rings. The number of hydrazone groups is 1. The average molecular weight is 294 g/mol. The Morgan fingerprint density at radius 3 is 2.65 bits per heavy atom. The summed E-state index contributed by atoms with van der Waals surface area (Å²) in [5.41, 5.74) is 3.41. The molecular weight excluding hydrogens is 276 g/mol. The van der Waals surface area contributed by atoms with E-state index >= 15 is 0 Å². The molecule has 0 radical (unpaired) electrons. The predicted octanol–water partition coefficient (Wildman–Crippen LogP) is 2.01. The number of carbonyl (C=O) groups excluding carboxylic acids is 1. The Morgan fingerprint density at radius 1 is 1.40 bits per heavy atom. The van der Waals surface area contributed by atoms with Crippen molar-refractivity contribution >= 4 is 23.9 Å². The van der Waals surface area contributed by atoms with E-state index in [0.29, 0.717) is 13.2 Å². The van der Waals surface area contributed by atoms with Gasteiger partial charge in [0.05, 0.1) is 25.8 Å². The predicted molar refractivity (Wildman–Crippen MR) is 78.9 cm³/mol. The van der Waals surface area contributed by atoms with Crippen LogP contribution in [-0.2, 0) is 14.3 Å². The van der Waals surface area contributed by atoms with E-state index in [0.717, 1.165) is 5.56 Å². The third-order valence-electron chi connectivity index (χ3n) is 2.90. The highest BCUT2D eigenvalue weighted by Crippen LogP contribution is 2.22. The summed E-state index contributed by atoms with van der Waals surface area (Å²) in [7, 11) is 0. The summed E-state index contributed by atoms with van der Waals surface area (Å²) in [5.74, 6) is -1.05. The van der Waals surface area contributed by atoms with Gasteiger partial charge in [0.2, 0.25) is 5.91 Å². The number of carbonyl (C=O) groups is 1. The molecule has 1 aromatic rings. The Labute approximate surface area is 122 Å². The maximum absolute atomic E-state index is 11.7. The number of thioether (sulfide) groups is 1. The van der Waals surface area contributed by atoms with Crippen LogP contribution >= 0.6 is 11.8 Å². The highest BCUT2D eigenvalue weighted by Gasteiger charge is 2.33. The average Bonchev–Trinajstić information content (AvgIpc) is 2.86. The first-order valence-corrected chi connectivity index (χ1v) is 7.58. The molecule has 0 spiro atoms. The molecular formula is C14H18N2O3S. The lowest BCUT2D eigenvalue weighted by Gasteiger charge is -2.20. The van der Waals surface area contributed by atoms with Crippen molar-refractivity contribution in [3.63, 3.8) is 0 Å². The number of ether oxygens (including phenoxy) is 2. The van der Waals surface area contributed by atoms with Crippen LogP contribution in [0.2, 0.25) is 0 Å². The summed E-state index contributed by atoms with van der Waals surface area (Å²) >= 11 is 1.68. The molecule has 0 atom stereocenters. The molecule has 1 N–H and O–H groups in total. The summed E-state index contributed by atoms with van der Waals surface area (Å²) in [5, 5.41) is 3.93. The minimum atomic E-state index is -0.820. The minimum Gasteiger partial charge on any atom is -0.347 e. The van der Waals surface area contributed by atoms with Crippen LogP contribution in [0.15, 0.2) is 34.3 Å². The summed E-state index contributed by atoms with van der Waals surface area (Å²) in [6, 6.07) is 7.92. The fourth-order valence-corrected chi connectivity index (χ4v) is 2.27. The van der Waals surface area contributed by atoms with Crippen LogP contribution in [0.4, 0.5) is 0 Å². The number of rotatable bonds is 5. The van der Waals surface area contributed by atoms with Gasteiger partial charge in [0.1, 0.15) is 0 Å². The quantitative estimate of drug-likeness (QED) is 0.513. The molecule has 108 valence electrons. The Bertz CT molecular complexity index is 482. The lowest BCUT2D eigenvalue weighted by molar-refractivity contribution is -0.159. The molecule has 1 aliphatic heterocycles. The maximum Gasteiger partial charge on any atom is 0.245 e. The van der Waals surface area contributed by atoms with E-state index in [9.17, 15) is 4.79 Å². The van der Waals surface area contributed by atoms with Gasteiger partial charge in [-0.2, -0.15) is 5.10 Å². The number of hydrogen-bond acceptors (Lipinski definition) is 5. The smallest absolute Gasteiger partial charge is 0.245 e. The van der Waals surface area contributed by atoms with Gasteiger partial charge in [0, 0.05) is 4.90 Å². The van der Waals surface area contributed by atoms with Crippen LogP contribution in [0.5, 0.6) is 0 Å². The van der Waals surface area contributed by atoms with E-state index in [2.05, 4.69) is 10.5 Å². The molecule has 1 saturated heterocycles. The monoisotopic (exact) mass is 294 g/mol. The van der Waals surface area contributed by atoms with E-state index in [1.165, 1.54) is 4.90 Å². The van der Waals surface area contributed by atoms with Gasteiger partial charge in [-0.25, -0.2) is 5.43 Å². The standard InChI is InChI=1S/C14H18N2O3S/c1-14(18-7-8-19-14)9-13(17)16-15-10-11-3-5-12(20-2)6-4-11/h3-6,10H,7-9H2,1-2H3,(H,16,17). The Hall–Kier alpha value is -1.37. The molecule has 6 heteroatoms. The molecule has 1 amide bonds. The second-order valence-electron chi connectivity index (χ2n) is 4.57. The van der Waals surface area contributed by atoms with Crippen molar-refractivity contribution in [2.24, 2.45) is 5.10 Å². The largest absolute Gasteiger partial charge is 0.347 e. The van der Waals surface area contributed by atoms with Crippen molar-refractivity contribution in [3.05, 3.63) is 29.8 Å². The van der Waals surface area contributed by atoms with Gasteiger partial charge in [-0.05, 0) is 30.9 Å². The van der Waals surface area contributed by atoms with Crippen molar-refractivity contribution in [1.29, 1.82) is 0 Å². The van der Waals surface area contributed by atoms with Crippen molar-refractivity contribution < 1.29 is 14.3 Å². The van der Waals surface area contributed by atoms with E-state index in [4.69, 9.17) is 9.47 Å². The minimum absolute atomic E-state index is 0.135. The van der Waals surface area contributed by atoms with Crippen LogP contribution in [-0.4, -0.2) is 37.4 Å². The highest BCUT2D eigenvalue weighted by atomic mass is 32.2. The van der Waals surface area contributed by atoms with E-state index in [1.807, 2.05) is 30.5 Å². The number of benzene rings is 1. The molecule has 1 heterocycles. The lowest BCUT2D eigenvalue weighted by atomic mass is 10.2. The molecule has 0 aromatic heterocycles. The Morgan fingerprint density at radius 2 is 2.05 bits per heavy atom. The molecule has 0 aliphatic carbocycles. The first-order chi connectivity index (χ1) is 9.61. The SMILES string of the molecule is CSc1ccc(C=NNC(=O)CC2(C)OCCO2)cc1. The second-order valence-corrected chi connectivity index (χ2v) is 5.45. The molecule has 1 fully saturated rings. The maximum atomic E-state index is 11.7. The number of hydrogen-bond donors (Lipinski definition) is 1. The van der Waals surface area contributed by atoms with E-state index in [-0.39, 0.29) is 12.3 Å². The van der Waals surface area contributed by atoms with Gasteiger partial charge < -0.3 is 9.47 Å². The summed E-state index contributed by atoms with van der Waals surface area (Å²) in [6.45, 7) is 2.80. The highest BCUT2D eigenvalue weighted by molar-refractivity contribution is 7.98. The van der Waals surface area contributed by atoms with Gasteiger partial charge >= 0.3 is 0 Å². The molecule has 1 aromatic carbocycles. The van der Waals surface area contributed by atoms with Crippen LogP contribution in [0.25, 0.3) is 0 Å². The molecule has 5 nitrogen and oxygen atoms in total. The Balaban J connectivity index is 1.81. The zero-order chi connectivity index (χ0) is 14.4. The summed E-state index contributed by atoms with van der Waals surface area (Å²) in [6.07, 6.45) is 3.77. The second kappa shape index (κ2) is 6.88. The van der Waals surface area contributed by atoms with Crippen LogP contribution in [0.3, 0.4) is 0 Å². The third-order valence-corrected chi connectivity index (χ3v) is 3.64. The van der Waals surface area contributed by atoms with Gasteiger partial charge in [-0.1, -0.05) is 12.1 Å². The van der Waals surface area contributed by atoms with E-state index < -0.39 is 5.79 Å². The zero-order valence-corrected chi connectivity index (χ0v) is 12.4. The molecule has 0 unspecified atom stereocenters. The summed E-state index contributed by atoms with van der Waals surface area (Å²) < 4.78 is 10.7. The van der Waals surface area contributed by atoms with Crippen LogP contribution in [0.1, 0.15) is 18.9 Å². The zero-order valence-electron chi connectivity index (χ0n) is 11.6. The summed E-state index contributed by atoms with van der Waals surface area (Å²) in [4.78, 5) is 12.9. The lowest BCUT2D eigenvalue weighted by Crippen LogP contribution is -2.33. The van der Waals surface area contributed by atoms with Crippen molar-refractivity contribution in [2.75, 3.05) is 19.5 Å². The number of nitrogens with zero attached hydrogens (tertiary/aromatic N) is 1. The molecule has 0 saturated carbocycles. The number of amides is 1. The number of nitrogens with one attached hydrogen (secondary N) is 1. The first kappa shape index (κ1) is 15.0. The Kier molecular flexibility index (Phi) is 5.17.